The highest BCUT2D eigenvalue weighted by molar-refractivity contribution is 6.31. The van der Waals surface area contributed by atoms with Crippen LogP contribution in [0, 0.1) is 6.92 Å². The van der Waals surface area contributed by atoms with Gasteiger partial charge in [-0.05, 0) is 31.5 Å². The van der Waals surface area contributed by atoms with Gasteiger partial charge < -0.3 is 10.3 Å². The number of nitrogens with zero attached hydrogens (tertiary/aromatic N) is 2. The molecular weight excluding hydrogens is 222 g/mol. The molecule has 0 fully saturated rings. The molecule has 16 heavy (non-hydrogen) atoms. The molecule has 0 unspecified atom stereocenters. The third kappa shape index (κ3) is 1.96. The standard InChI is InChI=1S/C12H14ClN3/c1-8-3-4-10(5-11(8)13)16-7-15-6-12(16)9(2)14/h3-7,9H,14H2,1-2H3/t9-/m1/s1. The maximum absolute atomic E-state index is 6.10. The van der Waals surface area contributed by atoms with Gasteiger partial charge in [-0.15, -0.1) is 0 Å². The Hall–Kier alpha value is -1.32. The van der Waals surface area contributed by atoms with Gasteiger partial charge in [-0.2, -0.15) is 0 Å². The van der Waals surface area contributed by atoms with Crippen molar-refractivity contribution >= 4 is 11.6 Å². The van der Waals surface area contributed by atoms with Gasteiger partial charge in [0.25, 0.3) is 0 Å². The normalized spacial score (nSPS) is 12.8. The van der Waals surface area contributed by atoms with E-state index in [2.05, 4.69) is 4.98 Å². The molecule has 1 heterocycles. The van der Waals surface area contributed by atoms with Gasteiger partial charge in [0.2, 0.25) is 0 Å². The molecule has 0 bridgehead atoms. The van der Waals surface area contributed by atoms with Crippen molar-refractivity contribution in [3.05, 3.63) is 47.0 Å². The molecule has 3 nitrogen and oxygen atoms in total. The Kier molecular flexibility index (Phi) is 2.99. The van der Waals surface area contributed by atoms with E-state index in [9.17, 15) is 0 Å². The number of halogens is 1. The summed E-state index contributed by atoms with van der Waals surface area (Å²) < 4.78 is 1.95. The molecule has 2 rings (SSSR count). The Morgan fingerprint density at radius 1 is 1.44 bits per heavy atom. The number of hydrogen-bond acceptors (Lipinski definition) is 2. The minimum absolute atomic E-state index is 0.0532. The summed E-state index contributed by atoms with van der Waals surface area (Å²) in [6.45, 7) is 3.91. The van der Waals surface area contributed by atoms with Crippen molar-refractivity contribution < 1.29 is 0 Å². The molecule has 2 aromatic rings. The van der Waals surface area contributed by atoms with E-state index >= 15 is 0 Å². The summed E-state index contributed by atoms with van der Waals surface area (Å²) in [6, 6.07) is 5.87. The van der Waals surface area contributed by atoms with E-state index in [1.807, 2.05) is 36.6 Å². The van der Waals surface area contributed by atoms with Crippen LogP contribution in [-0.2, 0) is 0 Å². The lowest BCUT2D eigenvalue weighted by Gasteiger charge is -2.11. The Labute approximate surface area is 99.9 Å². The van der Waals surface area contributed by atoms with Crippen LogP contribution in [0.2, 0.25) is 5.02 Å². The molecule has 2 N–H and O–H groups in total. The predicted octanol–water partition coefficient (Wildman–Crippen LogP) is 2.85. The zero-order chi connectivity index (χ0) is 11.7. The maximum atomic E-state index is 6.10. The second kappa shape index (κ2) is 4.28. The Morgan fingerprint density at radius 2 is 2.19 bits per heavy atom. The number of nitrogens with two attached hydrogens (primary N) is 1. The summed E-state index contributed by atoms with van der Waals surface area (Å²) in [5.74, 6) is 0. The average Bonchev–Trinajstić information content (AvgIpc) is 2.71. The lowest BCUT2D eigenvalue weighted by molar-refractivity contribution is 0.752. The van der Waals surface area contributed by atoms with Crippen LogP contribution in [-0.4, -0.2) is 9.55 Å². The first-order valence-electron chi connectivity index (χ1n) is 5.14. The summed E-state index contributed by atoms with van der Waals surface area (Å²) in [6.07, 6.45) is 3.53. The van der Waals surface area contributed by atoms with Crippen LogP contribution >= 0.6 is 11.6 Å². The molecule has 0 radical (unpaired) electrons. The Balaban J connectivity index is 2.50. The van der Waals surface area contributed by atoms with Crippen molar-refractivity contribution in [3.8, 4) is 5.69 Å². The molecule has 0 spiro atoms. The number of hydrogen-bond donors (Lipinski definition) is 1. The summed E-state index contributed by atoms with van der Waals surface area (Å²) in [4.78, 5) is 4.11. The first-order valence-corrected chi connectivity index (χ1v) is 5.51. The molecule has 0 aliphatic heterocycles. The predicted molar refractivity (Wildman–Crippen MR) is 65.9 cm³/mol. The molecule has 0 aliphatic carbocycles. The van der Waals surface area contributed by atoms with Crippen molar-refractivity contribution in [2.24, 2.45) is 5.73 Å². The van der Waals surface area contributed by atoms with Gasteiger partial charge >= 0.3 is 0 Å². The van der Waals surface area contributed by atoms with E-state index in [4.69, 9.17) is 17.3 Å². The number of rotatable bonds is 2. The van der Waals surface area contributed by atoms with Gasteiger partial charge in [0, 0.05) is 16.8 Å². The number of imidazole rings is 1. The molecule has 1 aromatic heterocycles. The highest BCUT2D eigenvalue weighted by Gasteiger charge is 2.08. The lowest BCUT2D eigenvalue weighted by Crippen LogP contribution is -2.10. The lowest BCUT2D eigenvalue weighted by atomic mass is 10.2. The van der Waals surface area contributed by atoms with Gasteiger partial charge in [-0.3, -0.25) is 0 Å². The molecule has 0 amide bonds. The largest absolute Gasteiger partial charge is 0.323 e. The maximum Gasteiger partial charge on any atom is 0.0994 e. The molecule has 0 saturated carbocycles. The van der Waals surface area contributed by atoms with E-state index < -0.39 is 0 Å². The van der Waals surface area contributed by atoms with Crippen molar-refractivity contribution in [1.29, 1.82) is 0 Å². The van der Waals surface area contributed by atoms with Crippen LogP contribution in [0.25, 0.3) is 5.69 Å². The fourth-order valence-electron chi connectivity index (χ4n) is 1.59. The molecule has 1 atom stereocenters. The minimum atomic E-state index is -0.0532. The number of aryl methyl sites for hydroxylation is 1. The first kappa shape index (κ1) is 11.2. The van der Waals surface area contributed by atoms with E-state index in [0.717, 1.165) is 22.0 Å². The zero-order valence-electron chi connectivity index (χ0n) is 9.31. The third-order valence-electron chi connectivity index (χ3n) is 2.57. The van der Waals surface area contributed by atoms with Crippen LogP contribution in [0.1, 0.15) is 24.2 Å². The van der Waals surface area contributed by atoms with E-state index in [0.29, 0.717) is 0 Å². The molecule has 1 aromatic carbocycles. The third-order valence-corrected chi connectivity index (χ3v) is 2.97. The fourth-order valence-corrected chi connectivity index (χ4v) is 1.76. The van der Waals surface area contributed by atoms with Gasteiger partial charge in [0.15, 0.2) is 0 Å². The van der Waals surface area contributed by atoms with Gasteiger partial charge in [-0.1, -0.05) is 17.7 Å². The van der Waals surface area contributed by atoms with Crippen molar-refractivity contribution in [1.82, 2.24) is 9.55 Å². The minimum Gasteiger partial charge on any atom is -0.323 e. The number of aromatic nitrogens is 2. The van der Waals surface area contributed by atoms with Crippen LogP contribution in [0.4, 0.5) is 0 Å². The van der Waals surface area contributed by atoms with E-state index in [-0.39, 0.29) is 6.04 Å². The van der Waals surface area contributed by atoms with E-state index in [1.54, 1.807) is 12.5 Å². The molecular formula is C12H14ClN3. The van der Waals surface area contributed by atoms with Crippen molar-refractivity contribution in [2.45, 2.75) is 19.9 Å². The summed E-state index contributed by atoms with van der Waals surface area (Å²) in [5, 5.41) is 0.752. The van der Waals surface area contributed by atoms with Gasteiger partial charge in [-0.25, -0.2) is 4.98 Å². The summed E-state index contributed by atoms with van der Waals surface area (Å²) in [5.41, 5.74) is 8.89. The fraction of sp³-hybridized carbons (Fsp3) is 0.250. The average molecular weight is 236 g/mol. The smallest absolute Gasteiger partial charge is 0.0994 e. The van der Waals surface area contributed by atoms with Crippen molar-refractivity contribution in [2.75, 3.05) is 0 Å². The SMILES string of the molecule is Cc1ccc(-n2cncc2[C@@H](C)N)cc1Cl. The molecule has 0 aliphatic rings. The topological polar surface area (TPSA) is 43.8 Å². The molecule has 0 saturated heterocycles. The summed E-state index contributed by atoms with van der Waals surface area (Å²) >= 11 is 6.10. The summed E-state index contributed by atoms with van der Waals surface area (Å²) in [7, 11) is 0. The first-order chi connectivity index (χ1) is 7.59. The van der Waals surface area contributed by atoms with Crippen LogP contribution in [0.5, 0.6) is 0 Å². The second-order valence-electron chi connectivity index (χ2n) is 3.91. The molecule has 4 heteroatoms. The van der Waals surface area contributed by atoms with Crippen LogP contribution in [0.15, 0.2) is 30.7 Å². The highest BCUT2D eigenvalue weighted by Crippen LogP contribution is 2.22. The second-order valence-corrected chi connectivity index (χ2v) is 4.32. The Morgan fingerprint density at radius 3 is 2.81 bits per heavy atom. The quantitative estimate of drug-likeness (QED) is 0.870. The van der Waals surface area contributed by atoms with Gasteiger partial charge in [0.05, 0.1) is 18.2 Å². The Bertz CT molecular complexity index is 503. The monoisotopic (exact) mass is 235 g/mol. The number of benzene rings is 1. The van der Waals surface area contributed by atoms with Gasteiger partial charge in [0.1, 0.15) is 0 Å². The molecule has 84 valence electrons. The van der Waals surface area contributed by atoms with Crippen LogP contribution in [0.3, 0.4) is 0 Å². The van der Waals surface area contributed by atoms with Crippen molar-refractivity contribution in [3.63, 3.8) is 0 Å². The van der Waals surface area contributed by atoms with E-state index in [1.165, 1.54) is 0 Å². The zero-order valence-corrected chi connectivity index (χ0v) is 10.1. The highest BCUT2D eigenvalue weighted by atomic mass is 35.5. The van der Waals surface area contributed by atoms with Crippen LogP contribution < -0.4 is 5.73 Å².